The predicted molar refractivity (Wildman–Crippen MR) is 64.9 cm³/mol. The molecule has 0 aromatic heterocycles. The highest BCUT2D eigenvalue weighted by molar-refractivity contribution is 5.38. The van der Waals surface area contributed by atoms with Gasteiger partial charge < -0.3 is 4.90 Å². The average molecular weight is 201 g/mol. The molecule has 0 bridgehead atoms. The molecular weight excluding hydrogens is 182 g/mol. The molecule has 0 amide bonds. The molecule has 0 fully saturated rings. The Kier molecular flexibility index (Phi) is 2.56. The average Bonchev–Trinajstić information content (AvgIpc) is 2.62. The van der Waals surface area contributed by atoms with Crippen molar-refractivity contribution < 1.29 is 0 Å². The summed E-state index contributed by atoms with van der Waals surface area (Å²) in [5.41, 5.74) is 3.04. The molecule has 1 aromatic carbocycles. The zero-order valence-corrected chi connectivity index (χ0v) is 9.83. The molecule has 1 atom stereocenters. The smallest absolute Gasteiger partial charge is 0.0302 e. The Labute approximate surface area is 92.4 Å². The Morgan fingerprint density at radius 3 is 2.67 bits per heavy atom. The first kappa shape index (κ1) is 10.3. The van der Waals surface area contributed by atoms with Crippen LogP contribution >= 0.6 is 0 Å². The number of nitrogens with zero attached hydrogens (tertiary/aromatic N) is 1. The van der Waals surface area contributed by atoms with Gasteiger partial charge in [-0.2, -0.15) is 0 Å². The molecule has 1 heteroatoms. The summed E-state index contributed by atoms with van der Waals surface area (Å²) >= 11 is 0. The molecule has 2 rings (SSSR count). The summed E-state index contributed by atoms with van der Waals surface area (Å²) in [4.78, 5) is 2.37. The van der Waals surface area contributed by atoms with E-state index in [1.807, 2.05) is 0 Å². The largest absolute Gasteiger partial charge is 0.377 e. The van der Waals surface area contributed by atoms with Crippen molar-refractivity contribution >= 4 is 0 Å². The second-order valence-electron chi connectivity index (χ2n) is 4.61. The van der Waals surface area contributed by atoms with Gasteiger partial charge in [-0.3, -0.25) is 0 Å². The van der Waals surface area contributed by atoms with Crippen LogP contribution in [0.2, 0.25) is 0 Å². The molecule has 1 nitrogen and oxygen atoms in total. The van der Waals surface area contributed by atoms with Crippen molar-refractivity contribution in [2.45, 2.75) is 26.2 Å². The van der Waals surface area contributed by atoms with E-state index in [1.165, 1.54) is 11.1 Å². The van der Waals surface area contributed by atoms with Crippen LogP contribution in [0.3, 0.4) is 0 Å². The summed E-state index contributed by atoms with van der Waals surface area (Å²) < 4.78 is 0. The van der Waals surface area contributed by atoms with E-state index in [9.17, 15) is 0 Å². The first-order chi connectivity index (χ1) is 7.15. The van der Waals surface area contributed by atoms with Crippen LogP contribution in [0.4, 0.5) is 0 Å². The third-order valence-corrected chi connectivity index (χ3v) is 3.35. The lowest BCUT2D eigenvalue weighted by molar-refractivity contribution is 0.369. The molecule has 0 radical (unpaired) electrons. The van der Waals surface area contributed by atoms with E-state index < -0.39 is 0 Å². The predicted octanol–water partition coefficient (Wildman–Crippen LogP) is 3.10. The van der Waals surface area contributed by atoms with Gasteiger partial charge in [0.25, 0.3) is 0 Å². The molecule has 0 aliphatic carbocycles. The number of rotatable bonds is 2. The zero-order valence-electron chi connectivity index (χ0n) is 9.83. The van der Waals surface area contributed by atoms with Crippen LogP contribution in [0, 0.1) is 6.92 Å². The van der Waals surface area contributed by atoms with Crippen LogP contribution in [-0.2, 0) is 5.41 Å². The maximum Gasteiger partial charge on any atom is 0.0302 e. The second kappa shape index (κ2) is 3.73. The summed E-state index contributed by atoms with van der Waals surface area (Å²) in [6.07, 6.45) is 4.56. The highest BCUT2D eigenvalue weighted by atomic mass is 15.1. The van der Waals surface area contributed by atoms with Crippen molar-refractivity contribution in [2.24, 2.45) is 0 Å². The van der Waals surface area contributed by atoms with Crippen molar-refractivity contribution in [3.8, 4) is 0 Å². The quantitative estimate of drug-likeness (QED) is 0.710. The molecule has 0 saturated carbocycles. The molecular formula is C14H19N. The van der Waals surface area contributed by atoms with Crippen LogP contribution in [-0.4, -0.2) is 18.0 Å². The van der Waals surface area contributed by atoms with Crippen LogP contribution in [0.1, 0.15) is 25.0 Å². The van der Waals surface area contributed by atoms with Gasteiger partial charge in [-0.15, -0.1) is 0 Å². The van der Waals surface area contributed by atoms with E-state index in [0.29, 0.717) is 0 Å². The number of hydrogen-bond donors (Lipinski definition) is 0. The number of aryl methyl sites for hydroxylation is 1. The first-order valence-corrected chi connectivity index (χ1v) is 5.65. The highest BCUT2D eigenvalue weighted by Crippen LogP contribution is 2.32. The van der Waals surface area contributed by atoms with Gasteiger partial charge in [0.05, 0.1) is 0 Å². The topological polar surface area (TPSA) is 3.24 Å². The lowest BCUT2D eigenvalue weighted by Gasteiger charge is -2.27. The van der Waals surface area contributed by atoms with E-state index >= 15 is 0 Å². The summed E-state index contributed by atoms with van der Waals surface area (Å²) in [7, 11) is 0. The van der Waals surface area contributed by atoms with Crippen LogP contribution in [0.5, 0.6) is 0 Å². The molecule has 1 aliphatic heterocycles. The molecule has 80 valence electrons. The van der Waals surface area contributed by atoms with Gasteiger partial charge in [0.1, 0.15) is 0 Å². The third-order valence-electron chi connectivity index (χ3n) is 3.35. The van der Waals surface area contributed by atoms with Crippen molar-refractivity contribution in [3.05, 3.63) is 47.7 Å². The molecule has 1 heterocycles. The molecule has 1 unspecified atom stereocenters. The van der Waals surface area contributed by atoms with Crippen molar-refractivity contribution in [1.29, 1.82) is 0 Å². The lowest BCUT2D eigenvalue weighted by atomic mass is 9.81. The minimum absolute atomic E-state index is 0.196. The first-order valence-electron chi connectivity index (χ1n) is 5.65. The Balaban J connectivity index is 2.33. The van der Waals surface area contributed by atoms with Gasteiger partial charge in [-0.25, -0.2) is 0 Å². The van der Waals surface area contributed by atoms with Gasteiger partial charge in [-0.1, -0.05) is 37.3 Å². The van der Waals surface area contributed by atoms with Gasteiger partial charge in [0.15, 0.2) is 0 Å². The Bertz CT molecular complexity index is 381. The fraction of sp³-hybridized carbons (Fsp3) is 0.429. The van der Waals surface area contributed by atoms with Crippen molar-refractivity contribution in [3.63, 3.8) is 0 Å². The summed E-state index contributed by atoms with van der Waals surface area (Å²) in [5.74, 6) is 0. The third kappa shape index (κ3) is 1.79. The zero-order chi connectivity index (χ0) is 10.9. The van der Waals surface area contributed by atoms with Crippen LogP contribution < -0.4 is 0 Å². The van der Waals surface area contributed by atoms with E-state index in [1.54, 1.807) is 0 Å². The van der Waals surface area contributed by atoms with Gasteiger partial charge in [0, 0.05) is 18.5 Å². The van der Waals surface area contributed by atoms with E-state index in [-0.39, 0.29) is 5.41 Å². The van der Waals surface area contributed by atoms with E-state index in [4.69, 9.17) is 0 Å². The number of likely N-dealkylation sites (N-methyl/N-ethyl adjacent to an activating group) is 1. The van der Waals surface area contributed by atoms with Crippen molar-refractivity contribution in [2.75, 3.05) is 13.1 Å². The molecule has 0 saturated heterocycles. The molecule has 15 heavy (non-hydrogen) atoms. The second-order valence-corrected chi connectivity index (χ2v) is 4.61. The fourth-order valence-corrected chi connectivity index (χ4v) is 2.40. The van der Waals surface area contributed by atoms with Gasteiger partial charge in [-0.05, 0) is 31.2 Å². The Morgan fingerprint density at radius 1 is 1.33 bits per heavy atom. The summed E-state index contributed by atoms with van der Waals surface area (Å²) in [6, 6.07) is 8.69. The Hall–Kier alpha value is -1.24. The fourth-order valence-electron chi connectivity index (χ4n) is 2.40. The lowest BCUT2D eigenvalue weighted by Crippen LogP contribution is -2.29. The number of benzene rings is 1. The van der Waals surface area contributed by atoms with E-state index in [2.05, 4.69) is 62.2 Å². The maximum absolute atomic E-state index is 2.37. The van der Waals surface area contributed by atoms with Crippen LogP contribution in [0.15, 0.2) is 36.5 Å². The minimum atomic E-state index is 0.196. The summed E-state index contributed by atoms with van der Waals surface area (Å²) in [6.45, 7) is 8.92. The summed E-state index contributed by atoms with van der Waals surface area (Å²) in [5, 5.41) is 0. The molecule has 0 N–H and O–H groups in total. The minimum Gasteiger partial charge on any atom is -0.377 e. The Morgan fingerprint density at radius 2 is 2.07 bits per heavy atom. The molecule has 1 aromatic rings. The standard InChI is InChI=1S/C14H19N/c1-4-15-10-9-14(3,11-15)13-8-6-5-7-12(13)2/h5-10H,4,11H2,1-3H3. The SMILES string of the molecule is CCN1C=CC(C)(c2ccccc2C)C1. The molecule has 0 spiro atoms. The normalized spacial score (nSPS) is 24.9. The van der Waals surface area contributed by atoms with Gasteiger partial charge in [0.2, 0.25) is 0 Å². The maximum atomic E-state index is 2.37. The highest BCUT2D eigenvalue weighted by Gasteiger charge is 2.30. The van der Waals surface area contributed by atoms with Crippen molar-refractivity contribution in [1.82, 2.24) is 4.90 Å². The molecule has 1 aliphatic rings. The van der Waals surface area contributed by atoms with Crippen LogP contribution in [0.25, 0.3) is 0 Å². The monoisotopic (exact) mass is 201 g/mol. The van der Waals surface area contributed by atoms with E-state index in [0.717, 1.165) is 13.1 Å². The number of hydrogen-bond acceptors (Lipinski definition) is 1. The van der Waals surface area contributed by atoms with Gasteiger partial charge >= 0.3 is 0 Å².